The van der Waals surface area contributed by atoms with Crippen LogP contribution in [0.3, 0.4) is 0 Å². The van der Waals surface area contributed by atoms with Gasteiger partial charge in [0.2, 0.25) is 5.91 Å². The van der Waals surface area contributed by atoms with E-state index < -0.39 is 0 Å². The van der Waals surface area contributed by atoms with Gasteiger partial charge in [-0.05, 0) is 86.6 Å². The Balaban J connectivity index is 1.62. The fourth-order valence-corrected chi connectivity index (χ4v) is 5.86. The molecule has 3 heterocycles. The highest BCUT2D eigenvalue weighted by molar-refractivity contribution is 7.80. The molecule has 1 aliphatic heterocycles. The lowest BCUT2D eigenvalue weighted by atomic mass is 9.96. The lowest BCUT2D eigenvalue weighted by Crippen LogP contribution is -2.29. The van der Waals surface area contributed by atoms with Crippen LogP contribution < -0.4 is 15.5 Å². The van der Waals surface area contributed by atoms with Crippen molar-refractivity contribution in [1.29, 1.82) is 0 Å². The number of nitrogens with zero attached hydrogens (tertiary/aromatic N) is 3. The number of carbonyl (C=O) groups excluding carboxylic acids is 1. The maximum Gasteiger partial charge on any atom is 0.250 e. The summed E-state index contributed by atoms with van der Waals surface area (Å²) in [5.74, 6) is -0.276. The van der Waals surface area contributed by atoms with E-state index in [4.69, 9.17) is 28.6 Å². The first-order chi connectivity index (χ1) is 18.8. The van der Waals surface area contributed by atoms with Crippen LogP contribution in [0.2, 0.25) is 5.02 Å². The number of benzene rings is 2. The zero-order valence-corrected chi connectivity index (χ0v) is 23.8. The number of aromatic nitrogens is 2. The molecule has 1 fully saturated rings. The molecule has 39 heavy (non-hydrogen) atoms. The van der Waals surface area contributed by atoms with Crippen LogP contribution in [0.25, 0.3) is 5.69 Å². The number of nitrogens with one attached hydrogen (secondary N) is 2. The molecule has 2 aromatic heterocycles. The van der Waals surface area contributed by atoms with Crippen molar-refractivity contribution in [2.75, 3.05) is 23.9 Å². The predicted molar refractivity (Wildman–Crippen MR) is 160 cm³/mol. The van der Waals surface area contributed by atoms with Gasteiger partial charge in [0.15, 0.2) is 5.11 Å². The Bertz CT molecular complexity index is 1540. The van der Waals surface area contributed by atoms with E-state index in [-0.39, 0.29) is 24.6 Å². The summed E-state index contributed by atoms with van der Waals surface area (Å²) in [6.07, 6.45) is 1.80. The highest BCUT2D eigenvalue weighted by Crippen LogP contribution is 2.44. The number of para-hydroxylation sites is 1. The number of ether oxygens (including phenoxy) is 1. The van der Waals surface area contributed by atoms with Crippen molar-refractivity contribution in [2.45, 2.75) is 32.9 Å². The van der Waals surface area contributed by atoms with Crippen molar-refractivity contribution >= 4 is 46.2 Å². The quantitative estimate of drug-likeness (QED) is 0.262. The standard InChI is InChI=1S/C30H30ClN5O2S/c1-18-9-5-6-11-26(18)35-19(2)15-22(20(35)3)29-28(25-10-7-8-14-32-25)34-30(39)36(29)21-12-13-24(23(31)16-21)33-27(37)17-38-4/h5-16,28-29H,17H2,1-4H3,(H,33,37)(H,34,39)/t28-,29-/m1/s1. The van der Waals surface area contributed by atoms with E-state index >= 15 is 0 Å². The van der Waals surface area contributed by atoms with Gasteiger partial charge in [-0.2, -0.15) is 0 Å². The molecule has 2 atom stereocenters. The Morgan fingerprint density at radius 1 is 1.10 bits per heavy atom. The highest BCUT2D eigenvalue weighted by atomic mass is 35.5. The maximum atomic E-state index is 12.1. The summed E-state index contributed by atoms with van der Waals surface area (Å²) < 4.78 is 7.21. The summed E-state index contributed by atoms with van der Waals surface area (Å²) in [6, 6.07) is 21.7. The minimum Gasteiger partial charge on any atom is -0.375 e. The van der Waals surface area contributed by atoms with Gasteiger partial charge in [0.05, 0.1) is 28.5 Å². The van der Waals surface area contributed by atoms with Crippen LogP contribution in [-0.4, -0.2) is 34.3 Å². The zero-order chi connectivity index (χ0) is 27.7. The molecule has 1 saturated heterocycles. The molecular formula is C30H30ClN5O2S. The molecule has 4 aromatic rings. The van der Waals surface area contributed by atoms with Gasteiger partial charge in [-0.15, -0.1) is 0 Å². The number of methoxy groups -OCH3 is 1. The Hall–Kier alpha value is -3.72. The van der Waals surface area contributed by atoms with Crippen LogP contribution in [-0.2, 0) is 9.53 Å². The summed E-state index contributed by atoms with van der Waals surface area (Å²) in [5.41, 5.74) is 7.94. The normalized spacial score (nSPS) is 16.8. The second-order valence-electron chi connectivity index (χ2n) is 9.59. The van der Waals surface area contributed by atoms with E-state index in [9.17, 15) is 4.79 Å². The van der Waals surface area contributed by atoms with E-state index in [1.54, 1.807) is 12.3 Å². The van der Waals surface area contributed by atoms with Crippen molar-refractivity contribution in [1.82, 2.24) is 14.9 Å². The second kappa shape index (κ2) is 11.2. The highest BCUT2D eigenvalue weighted by Gasteiger charge is 2.42. The molecule has 0 radical (unpaired) electrons. The molecule has 0 aliphatic carbocycles. The number of hydrogen-bond donors (Lipinski definition) is 2. The van der Waals surface area contributed by atoms with Crippen LogP contribution in [0.5, 0.6) is 0 Å². The molecule has 1 amide bonds. The molecule has 7 nitrogen and oxygen atoms in total. The number of hydrogen-bond acceptors (Lipinski definition) is 4. The fourth-order valence-electron chi connectivity index (χ4n) is 5.29. The second-order valence-corrected chi connectivity index (χ2v) is 10.4. The smallest absolute Gasteiger partial charge is 0.250 e. The molecule has 2 N–H and O–H groups in total. The van der Waals surface area contributed by atoms with Gasteiger partial charge >= 0.3 is 0 Å². The topological polar surface area (TPSA) is 71.4 Å². The lowest BCUT2D eigenvalue weighted by molar-refractivity contribution is -0.119. The number of pyridine rings is 1. The zero-order valence-electron chi connectivity index (χ0n) is 22.2. The van der Waals surface area contributed by atoms with Crippen molar-refractivity contribution in [3.8, 4) is 5.69 Å². The number of thiocarbonyl (C=S) groups is 1. The van der Waals surface area contributed by atoms with Crippen LogP contribution in [0.15, 0.2) is 72.9 Å². The molecule has 0 unspecified atom stereocenters. The number of amides is 1. The maximum absolute atomic E-state index is 12.1. The minimum atomic E-state index is -0.276. The van der Waals surface area contributed by atoms with Gasteiger partial charge in [-0.25, -0.2) is 0 Å². The van der Waals surface area contributed by atoms with Crippen LogP contribution in [0.4, 0.5) is 11.4 Å². The van der Waals surface area contributed by atoms with E-state index in [1.807, 2.05) is 30.3 Å². The van der Waals surface area contributed by atoms with Crippen molar-refractivity contribution in [3.63, 3.8) is 0 Å². The third-order valence-electron chi connectivity index (χ3n) is 7.02. The van der Waals surface area contributed by atoms with Gasteiger partial charge in [0, 0.05) is 36.1 Å². The number of carbonyl (C=O) groups is 1. The third kappa shape index (κ3) is 5.15. The predicted octanol–water partition coefficient (Wildman–Crippen LogP) is 6.21. The molecule has 0 saturated carbocycles. The van der Waals surface area contributed by atoms with Crippen LogP contribution in [0, 0.1) is 20.8 Å². The molecule has 5 rings (SSSR count). The van der Waals surface area contributed by atoms with Gasteiger partial charge in [0.1, 0.15) is 6.61 Å². The summed E-state index contributed by atoms with van der Waals surface area (Å²) in [6.45, 7) is 6.34. The van der Waals surface area contributed by atoms with Crippen molar-refractivity contribution in [3.05, 3.63) is 106 Å². The molecule has 0 bridgehead atoms. The Kier molecular flexibility index (Phi) is 7.70. The molecule has 9 heteroatoms. The summed E-state index contributed by atoms with van der Waals surface area (Å²) in [7, 11) is 1.47. The fraction of sp³-hybridized carbons (Fsp3) is 0.233. The Morgan fingerprint density at radius 3 is 2.56 bits per heavy atom. The summed E-state index contributed by atoms with van der Waals surface area (Å²) >= 11 is 12.5. The SMILES string of the molecule is COCC(=O)Nc1ccc(N2C(=S)N[C@H](c3ccccn3)[C@H]2c2cc(C)n(-c3ccccc3C)c2C)cc1Cl. The Morgan fingerprint density at radius 2 is 1.87 bits per heavy atom. The van der Waals surface area contributed by atoms with E-state index in [2.05, 4.69) is 76.2 Å². The first-order valence-electron chi connectivity index (χ1n) is 12.6. The average Bonchev–Trinajstić information content (AvgIpc) is 3.41. The monoisotopic (exact) mass is 559 g/mol. The van der Waals surface area contributed by atoms with Crippen LogP contribution >= 0.6 is 23.8 Å². The average molecular weight is 560 g/mol. The van der Waals surface area contributed by atoms with Gasteiger partial charge in [0.25, 0.3) is 0 Å². The van der Waals surface area contributed by atoms with Gasteiger partial charge < -0.3 is 24.8 Å². The number of rotatable bonds is 7. The van der Waals surface area contributed by atoms with Crippen LogP contribution in [0.1, 0.15) is 40.3 Å². The number of aryl methyl sites for hydroxylation is 2. The minimum absolute atomic E-state index is 0.0530. The lowest BCUT2D eigenvalue weighted by Gasteiger charge is -2.28. The molecule has 0 spiro atoms. The number of anilines is 2. The summed E-state index contributed by atoms with van der Waals surface area (Å²) in [5, 5.41) is 7.28. The molecule has 1 aliphatic rings. The molecule has 2 aromatic carbocycles. The Labute approximate surface area is 238 Å². The summed E-state index contributed by atoms with van der Waals surface area (Å²) in [4.78, 5) is 18.8. The van der Waals surface area contributed by atoms with Crippen molar-refractivity contribution in [2.24, 2.45) is 0 Å². The van der Waals surface area contributed by atoms with E-state index in [0.717, 1.165) is 34.0 Å². The molecule has 200 valence electrons. The van der Waals surface area contributed by atoms with Crippen molar-refractivity contribution < 1.29 is 9.53 Å². The van der Waals surface area contributed by atoms with Gasteiger partial charge in [-0.3, -0.25) is 9.78 Å². The largest absolute Gasteiger partial charge is 0.375 e. The molecular weight excluding hydrogens is 530 g/mol. The van der Waals surface area contributed by atoms with Gasteiger partial charge in [-0.1, -0.05) is 35.9 Å². The van der Waals surface area contributed by atoms with E-state index in [1.165, 1.54) is 12.7 Å². The number of halogens is 1. The first-order valence-corrected chi connectivity index (χ1v) is 13.4. The van der Waals surface area contributed by atoms with E-state index in [0.29, 0.717) is 15.8 Å². The first kappa shape index (κ1) is 26.9. The third-order valence-corrected chi connectivity index (χ3v) is 7.65.